The zero-order valence-electron chi connectivity index (χ0n) is 21.3. The van der Waals surface area contributed by atoms with E-state index < -0.39 is 30.1 Å². The molecule has 3 aliphatic rings. The molecule has 3 heterocycles. The Morgan fingerprint density at radius 1 is 1.20 bits per heavy atom. The predicted octanol–water partition coefficient (Wildman–Crippen LogP) is 4.12. The van der Waals surface area contributed by atoms with Crippen molar-refractivity contribution in [3.63, 3.8) is 0 Å². The van der Waals surface area contributed by atoms with E-state index in [1.807, 2.05) is 0 Å². The number of nitrogens with one attached hydrogen (secondary N) is 2. The van der Waals surface area contributed by atoms with Gasteiger partial charge in [0, 0.05) is 47.8 Å². The van der Waals surface area contributed by atoms with Gasteiger partial charge in [0.1, 0.15) is 30.3 Å². The third-order valence-corrected chi connectivity index (χ3v) is 9.03. The Hall–Kier alpha value is -3.36. The summed E-state index contributed by atoms with van der Waals surface area (Å²) in [5, 5.41) is 17.2. The summed E-state index contributed by atoms with van der Waals surface area (Å²) in [5.74, 6) is -1.17. The van der Waals surface area contributed by atoms with Crippen molar-refractivity contribution in [3.8, 4) is 0 Å². The Labute approximate surface area is 229 Å². The van der Waals surface area contributed by atoms with Gasteiger partial charge in [-0.1, -0.05) is 0 Å². The number of ketones is 1. The van der Waals surface area contributed by atoms with E-state index in [0.29, 0.717) is 36.1 Å². The molecule has 3 aliphatic carbocycles. The number of hydrogen-bond donors (Lipinski definition) is 2. The van der Waals surface area contributed by atoms with Crippen LogP contribution in [0.3, 0.4) is 0 Å². The Morgan fingerprint density at radius 2 is 1.95 bits per heavy atom. The number of fused-ring (bicyclic) bond motifs is 1. The minimum atomic E-state index is -4.60. The fraction of sp³-hybridized carbons (Fsp3) is 0.560. The number of carbonyl (C=O) groups is 2. The number of thiophene rings is 1. The number of aromatic nitrogens is 5. The number of Topliss-reactive ketones (excluding diaryl/α,β-unsaturated/α-hetero) is 1. The molecule has 0 aliphatic heterocycles. The van der Waals surface area contributed by atoms with E-state index in [1.54, 1.807) is 4.57 Å². The van der Waals surface area contributed by atoms with Crippen LogP contribution in [-0.2, 0) is 37.3 Å². The first kappa shape index (κ1) is 26.8. The van der Waals surface area contributed by atoms with Crippen molar-refractivity contribution >= 4 is 34.8 Å². The number of amides is 1. The number of alkyl halides is 5. The van der Waals surface area contributed by atoms with Crippen molar-refractivity contribution in [2.45, 2.75) is 63.1 Å². The van der Waals surface area contributed by atoms with Gasteiger partial charge in [-0.15, -0.1) is 21.5 Å². The van der Waals surface area contributed by atoms with E-state index in [9.17, 15) is 31.5 Å². The molecule has 0 radical (unpaired) electrons. The van der Waals surface area contributed by atoms with Gasteiger partial charge in [0.05, 0.1) is 11.5 Å². The van der Waals surface area contributed by atoms with Gasteiger partial charge in [-0.05, 0) is 37.7 Å². The molecule has 0 spiro atoms. The van der Waals surface area contributed by atoms with E-state index in [0.717, 1.165) is 21.2 Å². The highest BCUT2D eigenvalue weighted by molar-refractivity contribution is 7.12. The number of anilines is 2. The van der Waals surface area contributed by atoms with Gasteiger partial charge >= 0.3 is 6.18 Å². The standard InChI is InChI=1S/C25H26F5N7O2S/c1-36-21(8-20(35-36)25(28,29)30)33-24-34-32-10-37(24)12-2-3-18-14(5-12)22(23(39)31-9-11-4-15(11)26)19(40-18)7-17(38)13-6-16(13)27/h8,10-13,15-16H,2-7,9H2,1H3,(H,31,39)(H,33,34)/t11-,12+,13+,15+,16-/m1/s1. The second-order valence-corrected chi connectivity index (χ2v) is 11.8. The number of hydrogen-bond acceptors (Lipinski definition) is 7. The van der Waals surface area contributed by atoms with Crippen LogP contribution >= 0.6 is 11.3 Å². The largest absolute Gasteiger partial charge is 0.435 e. The zero-order chi connectivity index (χ0) is 28.3. The van der Waals surface area contributed by atoms with Crippen molar-refractivity contribution in [1.29, 1.82) is 0 Å². The van der Waals surface area contributed by atoms with Gasteiger partial charge in [-0.25, -0.2) is 8.78 Å². The minimum Gasteiger partial charge on any atom is -0.352 e. The molecule has 214 valence electrons. The van der Waals surface area contributed by atoms with Crippen LogP contribution in [0.2, 0.25) is 0 Å². The second kappa shape index (κ2) is 9.93. The molecule has 40 heavy (non-hydrogen) atoms. The molecule has 2 N–H and O–H groups in total. The molecule has 0 aromatic carbocycles. The van der Waals surface area contributed by atoms with Gasteiger partial charge in [0.2, 0.25) is 5.95 Å². The molecule has 5 atom stereocenters. The molecule has 0 bridgehead atoms. The minimum absolute atomic E-state index is 0.0349. The van der Waals surface area contributed by atoms with Gasteiger partial charge in [-0.2, -0.15) is 18.3 Å². The smallest absolute Gasteiger partial charge is 0.352 e. The average molecular weight is 584 g/mol. The Kier molecular flexibility index (Phi) is 6.66. The molecule has 1 amide bonds. The van der Waals surface area contributed by atoms with E-state index in [4.69, 9.17) is 0 Å². The van der Waals surface area contributed by atoms with E-state index >= 15 is 0 Å². The van der Waals surface area contributed by atoms with Crippen LogP contribution in [0.25, 0.3) is 0 Å². The highest BCUT2D eigenvalue weighted by Gasteiger charge is 2.44. The summed E-state index contributed by atoms with van der Waals surface area (Å²) in [6.45, 7) is 0.195. The molecule has 0 unspecified atom stereocenters. The second-order valence-electron chi connectivity index (χ2n) is 10.6. The molecule has 9 nitrogen and oxygen atoms in total. The first-order chi connectivity index (χ1) is 19.0. The molecule has 2 fully saturated rings. The maximum absolute atomic E-state index is 13.5. The number of halogens is 5. The van der Waals surface area contributed by atoms with Crippen LogP contribution in [0, 0.1) is 11.8 Å². The van der Waals surface area contributed by atoms with E-state index in [1.165, 1.54) is 24.7 Å². The third kappa shape index (κ3) is 5.22. The predicted molar refractivity (Wildman–Crippen MR) is 134 cm³/mol. The van der Waals surface area contributed by atoms with Crippen LogP contribution in [0.5, 0.6) is 0 Å². The van der Waals surface area contributed by atoms with Gasteiger partial charge in [0.25, 0.3) is 5.91 Å². The topological polar surface area (TPSA) is 107 Å². The maximum atomic E-state index is 13.5. The number of nitrogens with zero attached hydrogens (tertiary/aromatic N) is 5. The molecule has 3 aromatic rings. The summed E-state index contributed by atoms with van der Waals surface area (Å²) < 4.78 is 69.1. The number of rotatable bonds is 9. The summed E-state index contributed by atoms with van der Waals surface area (Å²) in [6, 6.07) is 0.647. The molecule has 3 aromatic heterocycles. The highest BCUT2D eigenvalue weighted by atomic mass is 32.1. The Balaban J connectivity index is 1.25. The first-order valence-corrected chi connectivity index (χ1v) is 13.8. The fourth-order valence-electron chi connectivity index (χ4n) is 5.20. The SMILES string of the molecule is Cn1nc(C(F)(F)F)cc1Nc1nncn1[C@H]1CCc2sc(CC(=O)[C@H]3C[C@H]3F)c(C(=O)NC[C@H]3C[C@@H]3F)c2C1. The monoisotopic (exact) mass is 583 g/mol. The summed E-state index contributed by atoms with van der Waals surface area (Å²) in [4.78, 5) is 27.5. The third-order valence-electron chi connectivity index (χ3n) is 7.73. The van der Waals surface area contributed by atoms with Crippen molar-refractivity contribution in [1.82, 2.24) is 29.9 Å². The lowest BCUT2D eigenvalue weighted by molar-refractivity contribution is -0.141. The van der Waals surface area contributed by atoms with Crippen molar-refractivity contribution < 1.29 is 31.5 Å². The highest BCUT2D eigenvalue weighted by Crippen LogP contribution is 2.42. The van der Waals surface area contributed by atoms with Crippen LogP contribution in [0.1, 0.15) is 56.7 Å². The molecule has 6 rings (SSSR count). The van der Waals surface area contributed by atoms with Crippen LogP contribution in [0.15, 0.2) is 12.4 Å². The molecular formula is C25H26F5N7O2S. The van der Waals surface area contributed by atoms with Crippen molar-refractivity contribution in [2.24, 2.45) is 18.9 Å². The van der Waals surface area contributed by atoms with Crippen LogP contribution in [-0.4, -0.2) is 55.1 Å². The zero-order valence-corrected chi connectivity index (χ0v) is 22.2. The van der Waals surface area contributed by atoms with Gasteiger partial charge < -0.3 is 10.6 Å². The summed E-state index contributed by atoms with van der Waals surface area (Å²) in [6.07, 6.45) is -3.01. The van der Waals surface area contributed by atoms with E-state index in [2.05, 4.69) is 25.9 Å². The van der Waals surface area contributed by atoms with Gasteiger partial charge in [-0.3, -0.25) is 18.8 Å². The normalized spacial score (nSPS) is 25.4. The van der Waals surface area contributed by atoms with Crippen molar-refractivity contribution in [2.75, 3.05) is 11.9 Å². The maximum Gasteiger partial charge on any atom is 0.435 e. The average Bonchev–Trinajstić information content (AvgIpc) is 3.59. The van der Waals surface area contributed by atoms with Crippen molar-refractivity contribution in [3.05, 3.63) is 39.0 Å². The van der Waals surface area contributed by atoms with Gasteiger partial charge in [0.15, 0.2) is 5.69 Å². The quantitative estimate of drug-likeness (QED) is 0.367. The fourth-order valence-corrected chi connectivity index (χ4v) is 6.56. The van der Waals surface area contributed by atoms with Crippen LogP contribution < -0.4 is 10.6 Å². The molecular weight excluding hydrogens is 557 g/mol. The summed E-state index contributed by atoms with van der Waals surface area (Å²) >= 11 is 1.38. The lowest BCUT2D eigenvalue weighted by atomic mass is 9.90. The molecule has 15 heteroatoms. The Bertz CT molecular complexity index is 1460. The van der Waals surface area contributed by atoms with E-state index in [-0.39, 0.29) is 54.8 Å². The molecule has 2 saturated carbocycles. The summed E-state index contributed by atoms with van der Waals surface area (Å²) in [5.41, 5.74) is 0.105. The van der Waals surface area contributed by atoms with Crippen LogP contribution in [0.4, 0.5) is 33.7 Å². The summed E-state index contributed by atoms with van der Waals surface area (Å²) in [7, 11) is 1.38. The number of aryl methyl sites for hydroxylation is 2. The number of carbonyl (C=O) groups excluding carboxylic acids is 2. The lowest BCUT2D eigenvalue weighted by Gasteiger charge is -2.25. The Morgan fingerprint density at radius 3 is 2.60 bits per heavy atom. The molecule has 0 saturated heterocycles. The lowest BCUT2D eigenvalue weighted by Crippen LogP contribution is -2.29. The first-order valence-electron chi connectivity index (χ1n) is 13.0.